The van der Waals surface area contributed by atoms with Gasteiger partial charge in [-0.05, 0) is 19.4 Å². The number of hydrogen-bond donors (Lipinski definition) is 10. The van der Waals surface area contributed by atoms with Crippen LogP contribution in [0.25, 0.3) is 0 Å². The third-order valence-electron chi connectivity index (χ3n) is 6.24. The summed E-state index contributed by atoms with van der Waals surface area (Å²) in [5.41, 5.74) is 21.4. The highest BCUT2D eigenvalue weighted by Gasteiger charge is 2.31. The first kappa shape index (κ1) is 38.4. The Morgan fingerprint density at radius 3 is 1.50 bits per heavy atom. The lowest BCUT2D eigenvalue weighted by Crippen LogP contribution is -2.59. The highest BCUT2D eigenvalue weighted by Crippen LogP contribution is 2.06. The molecule has 0 saturated heterocycles. The molecule has 0 aliphatic carbocycles. The Hall–Kier alpha value is -5.59. The highest BCUT2D eigenvalue weighted by atomic mass is 16.4. The van der Waals surface area contributed by atoms with Crippen LogP contribution in [0.15, 0.2) is 30.3 Å². The van der Waals surface area contributed by atoms with E-state index in [0.29, 0.717) is 5.56 Å². The molecule has 0 aliphatic heterocycles. The molecule has 0 unspecified atom stereocenters. The molecule has 0 spiro atoms. The SMILES string of the molecule is C[C@H](NC(=O)[C@H](C)NC(=O)[C@H](CC(N)=O)NC(=O)[C@@H](N)CC(N)=O)C(=O)N[C@@H](Cc1ccccc1)C(=O)N[C@@H](CC(N)=O)C(=O)O. The number of amides is 8. The summed E-state index contributed by atoms with van der Waals surface area (Å²) in [4.78, 5) is 109. The predicted octanol–water partition coefficient (Wildman–Crippen LogP) is -5.27. The minimum atomic E-state index is -1.66. The van der Waals surface area contributed by atoms with Crippen molar-refractivity contribution in [3.05, 3.63) is 35.9 Å². The van der Waals surface area contributed by atoms with Gasteiger partial charge in [-0.15, -0.1) is 0 Å². The zero-order valence-electron chi connectivity index (χ0n) is 25.1. The Balaban J connectivity index is 2.95. The fourth-order valence-corrected chi connectivity index (χ4v) is 3.81. The predicted molar refractivity (Wildman–Crippen MR) is 158 cm³/mol. The monoisotopic (exact) mass is 649 g/mol. The number of hydrogen-bond acceptors (Lipinski definition) is 10. The van der Waals surface area contributed by atoms with Crippen molar-refractivity contribution in [2.24, 2.45) is 22.9 Å². The van der Waals surface area contributed by atoms with E-state index in [-0.39, 0.29) is 6.42 Å². The molecule has 0 aromatic heterocycles. The summed E-state index contributed by atoms with van der Waals surface area (Å²) in [6, 6.07) is -0.268. The Bertz CT molecular complexity index is 1320. The quantitative estimate of drug-likeness (QED) is 0.0674. The Morgan fingerprint density at radius 2 is 1.00 bits per heavy atom. The molecule has 0 aliphatic rings. The molecule has 19 heteroatoms. The number of carbonyl (C=O) groups excluding carboxylic acids is 8. The van der Waals surface area contributed by atoms with Crippen LogP contribution in [0.1, 0.15) is 38.7 Å². The van der Waals surface area contributed by atoms with Crippen molar-refractivity contribution in [2.45, 2.75) is 75.8 Å². The van der Waals surface area contributed by atoms with Crippen LogP contribution in [0.5, 0.6) is 0 Å². The zero-order chi connectivity index (χ0) is 35.1. The molecule has 8 amide bonds. The van der Waals surface area contributed by atoms with Crippen LogP contribution in [-0.4, -0.2) is 94.6 Å². The van der Waals surface area contributed by atoms with E-state index in [2.05, 4.69) is 26.6 Å². The normalized spacial score (nSPS) is 14.5. The molecule has 19 nitrogen and oxygen atoms in total. The second-order valence-corrected chi connectivity index (χ2v) is 10.3. The Morgan fingerprint density at radius 1 is 0.587 bits per heavy atom. The minimum Gasteiger partial charge on any atom is -0.480 e. The van der Waals surface area contributed by atoms with E-state index < -0.39 is 109 Å². The fraction of sp³-hybridized carbons (Fsp3) is 0.444. The number of nitrogens with two attached hydrogens (primary N) is 4. The third kappa shape index (κ3) is 13.8. The molecule has 0 saturated carbocycles. The van der Waals surface area contributed by atoms with Gasteiger partial charge in [0.05, 0.1) is 25.3 Å². The largest absolute Gasteiger partial charge is 0.480 e. The maximum atomic E-state index is 13.0. The number of benzene rings is 1. The zero-order valence-corrected chi connectivity index (χ0v) is 25.1. The van der Waals surface area contributed by atoms with Crippen molar-refractivity contribution in [2.75, 3.05) is 0 Å². The first-order valence-electron chi connectivity index (χ1n) is 13.8. The van der Waals surface area contributed by atoms with Crippen LogP contribution >= 0.6 is 0 Å². The van der Waals surface area contributed by atoms with E-state index in [1.54, 1.807) is 30.3 Å². The van der Waals surface area contributed by atoms with Crippen LogP contribution in [0.4, 0.5) is 0 Å². The highest BCUT2D eigenvalue weighted by molar-refractivity contribution is 5.98. The number of aliphatic carboxylic acids is 1. The van der Waals surface area contributed by atoms with E-state index in [9.17, 15) is 48.3 Å². The van der Waals surface area contributed by atoms with Gasteiger partial charge in [-0.2, -0.15) is 0 Å². The Labute approximate surface area is 262 Å². The van der Waals surface area contributed by atoms with E-state index >= 15 is 0 Å². The molecule has 1 aromatic carbocycles. The lowest BCUT2D eigenvalue weighted by molar-refractivity contribution is -0.143. The average Bonchev–Trinajstić information content (AvgIpc) is 2.95. The lowest BCUT2D eigenvalue weighted by atomic mass is 10.0. The summed E-state index contributed by atoms with van der Waals surface area (Å²) in [6.45, 7) is 2.50. The minimum absolute atomic E-state index is 0.0927. The van der Waals surface area contributed by atoms with E-state index in [4.69, 9.17) is 22.9 Å². The maximum absolute atomic E-state index is 13.0. The van der Waals surface area contributed by atoms with Gasteiger partial charge in [0.25, 0.3) is 0 Å². The summed E-state index contributed by atoms with van der Waals surface area (Å²) < 4.78 is 0. The molecule has 0 heterocycles. The smallest absolute Gasteiger partial charge is 0.326 e. The first-order chi connectivity index (χ1) is 21.4. The fourth-order valence-electron chi connectivity index (χ4n) is 3.81. The number of primary amides is 3. The van der Waals surface area contributed by atoms with Crippen molar-refractivity contribution in [3.63, 3.8) is 0 Å². The summed E-state index contributed by atoms with van der Waals surface area (Å²) in [5.74, 6) is -9.07. The summed E-state index contributed by atoms with van der Waals surface area (Å²) in [6.07, 6.45) is -2.02. The number of carboxylic acid groups (broad SMARTS) is 1. The molecule has 0 bridgehead atoms. The molecule has 6 atom stereocenters. The molecular formula is C27H39N9O10. The Kier molecular flexibility index (Phi) is 15.3. The molecule has 1 rings (SSSR count). The van der Waals surface area contributed by atoms with E-state index in [1.165, 1.54) is 13.8 Å². The van der Waals surface area contributed by atoms with Gasteiger partial charge in [-0.3, -0.25) is 38.4 Å². The van der Waals surface area contributed by atoms with Crippen molar-refractivity contribution in [1.82, 2.24) is 26.6 Å². The average molecular weight is 650 g/mol. The van der Waals surface area contributed by atoms with Gasteiger partial charge in [-0.25, -0.2) is 4.79 Å². The summed E-state index contributed by atoms with van der Waals surface area (Å²) in [7, 11) is 0. The van der Waals surface area contributed by atoms with Crippen LogP contribution in [0, 0.1) is 0 Å². The number of rotatable bonds is 19. The van der Waals surface area contributed by atoms with Crippen LogP contribution < -0.4 is 49.5 Å². The summed E-state index contributed by atoms with van der Waals surface area (Å²) >= 11 is 0. The lowest BCUT2D eigenvalue weighted by Gasteiger charge is -2.24. The molecule has 46 heavy (non-hydrogen) atoms. The molecule has 252 valence electrons. The van der Waals surface area contributed by atoms with Crippen molar-refractivity contribution >= 4 is 53.2 Å². The molecule has 0 radical (unpaired) electrons. The number of carbonyl (C=O) groups is 9. The van der Waals surface area contributed by atoms with E-state index in [0.717, 1.165) is 0 Å². The van der Waals surface area contributed by atoms with Gasteiger partial charge in [-0.1, -0.05) is 30.3 Å². The van der Waals surface area contributed by atoms with E-state index in [1.807, 2.05) is 0 Å². The van der Waals surface area contributed by atoms with Gasteiger partial charge in [0, 0.05) is 6.42 Å². The standard InChI is InChI=1S/C27H39N9O10/c1-12(33-25(43)17(10-20(30)38)35-24(42)15(28)9-19(29)37)22(40)32-13(2)23(41)34-16(8-14-6-4-3-5-7-14)26(44)36-18(27(45)46)11-21(31)39/h3-7,12-13,15-18H,8-11,28H2,1-2H3,(H2,29,37)(H2,30,38)(H2,31,39)(H,32,40)(H,33,43)(H,34,41)(H,35,42)(H,36,44)(H,45,46)/t12-,13-,15-,16-,17-,18-/m0/s1. The van der Waals surface area contributed by atoms with Gasteiger partial charge in [0.15, 0.2) is 0 Å². The van der Waals surface area contributed by atoms with Crippen molar-refractivity contribution < 1.29 is 48.3 Å². The van der Waals surface area contributed by atoms with Crippen LogP contribution in [0.2, 0.25) is 0 Å². The van der Waals surface area contributed by atoms with Crippen LogP contribution in [-0.2, 0) is 49.6 Å². The molecule has 14 N–H and O–H groups in total. The van der Waals surface area contributed by atoms with Crippen molar-refractivity contribution in [1.29, 1.82) is 0 Å². The maximum Gasteiger partial charge on any atom is 0.326 e. The molecular weight excluding hydrogens is 610 g/mol. The topological polar surface area (TPSA) is 338 Å². The number of nitrogens with one attached hydrogen (secondary N) is 5. The summed E-state index contributed by atoms with van der Waals surface area (Å²) in [5, 5.41) is 20.7. The number of carboxylic acids is 1. The van der Waals surface area contributed by atoms with Gasteiger partial charge in [0.1, 0.15) is 30.2 Å². The first-order valence-corrected chi connectivity index (χ1v) is 13.8. The van der Waals surface area contributed by atoms with Gasteiger partial charge >= 0.3 is 5.97 Å². The van der Waals surface area contributed by atoms with Gasteiger partial charge < -0.3 is 54.6 Å². The molecule has 0 fully saturated rings. The van der Waals surface area contributed by atoms with Crippen LogP contribution in [0.3, 0.4) is 0 Å². The third-order valence-corrected chi connectivity index (χ3v) is 6.24. The molecule has 1 aromatic rings. The second-order valence-electron chi connectivity index (χ2n) is 10.3. The van der Waals surface area contributed by atoms with Crippen molar-refractivity contribution in [3.8, 4) is 0 Å². The second kappa shape index (κ2) is 18.3. The van der Waals surface area contributed by atoms with Gasteiger partial charge in [0.2, 0.25) is 47.3 Å².